The highest BCUT2D eigenvalue weighted by Gasteiger charge is 2.19. The molecule has 0 amide bonds. The Morgan fingerprint density at radius 1 is 1.30 bits per heavy atom. The summed E-state index contributed by atoms with van der Waals surface area (Å²) in [6.45, 7) is 1.75. The number of nitrogen functional groups attached to an aromatic ring is 1. The van der Waals surface area contributed by atoms with Gasteiger partial charge < -0.3 is 5.73 Å². The minimum absolute atomic E-state index is 0.175. The lowest BCUT2D eigenvalue weighted by atomic mass is 10.3. The average Bonchev–Trinajstić information content (AvgIpc) is 2.94. The Morgan fingerprint density at radius 2 is 2.10 bits per heavy atom. The molecule has 0 aliphatic carbocycles. The third-order valence-electron chi connectivity index (χ3n) is 2.50. The minimum Gasteiger partial charge on any atom is -0.399 e. The molecule has 2 aromatic heterocycles. The van der Waals surface area contributed by atoms with Crippen molar-refractivity contribution < 1.29 is 8.42 Å². The predicted molar refractivity (Wildman–Crippen MR) is 81.7 cm³/mol. The molecule has 0 aliphatic rings. The van der Waals surface area contributed by atoms with Crippen LogP contribution < -0.4 is 10.5 Å². The SMILES string of the molecule is Cc1ncc(S(=O)(=O)Nc2nc3ccc(N)cc3s2)s1. The molecule has 0 radical (unpaired) electrons. The molecule has 0 aliphatic heterocycles. The fourth-order valence-electron chi connectivity index (χ4n) is 1.62. The van der Waals surface area contributed by atoms with Crippen LogP contribution in [0, 0.1) is 6.92 Å². The predicted octanol–water partition coefficient (Wildman–Crippen LogP) is 2.44. The molecule has 0 saturated carbocycles. The van der Waals surface area contributed by atoms with Gasteiger partial charge in [0.1, 0.15) is 0 Å². The lowest BCUT2D eigenvalue weighted by molar-refractivity contribution is 0.603. The molecule has 2 heterocycles. The quantitative estimate of drug-likeness (QED) is 0.720. The molecule has 0 atom stereocenters. The largest absolute Gasteiger partial charge is 0.399 e. The van der Waals surface area contributed by atoms with Crippen LogP contribution in [0.15, 0.2) is 28.6 Å². The van der Waals surface area contributed by atoms with Crippen LogP contribution in [0.25, 0.3) is 10.2 Å². The summed E-state index contributed by atoms with van der Waals surface area (Å²) in [5, 5.41) is 1.01. The first-order chi connectivity index (χ1) is 9.44. The molecule has 6 nitrogen and oxygen atoms in total. The first-order valence-corrected chi connectivity index (χ1v) is 8.67. The normalized spacial score (nSPS) is 11.8. The number of thiazole rings is 2. The Hall–Kier alpha value is -1.71. The Morgan fingerprint density at radius 3 is 2.80 bits per heavy atom. The molecule has 9 heteroatoms. The Labute approximate surface area is 123 Å². The summed E-state index contributed by atoms with van der Waals surface area (Å²) in [7, 11) is -3.63. The van der Waals surface area contributed by atoms with Gasteiger partial charge in [0.05, 0.1) is 21.4 Å². The number of nitrogens with one attached hydrogen (secondary N) is 1. The first kappa shape index (κ1) is 13.3. The Balaban J connectivity index is 1.96. The maximum Gasteiger partial charge on any atom is 0.274 e. The molecular weight excluding hydrogens is 316 g/mol. The third-order valence-corrected chi connectivity index (χ3v) is 6.27. The second-order valence-electron chi connectivity index (χ2n) is 4.05. The average molecular weight is 326 g/mol. The topological polar surface area (TPSA) is 98.0 Å². The van der Waals surface area contributed by atoms with E-state index in [2.05, 4.69) is 14.7 Å². The van der Waals surface area contributed by atoms with Crippen LogP contribution in [0.2, 0.25) is 0 Å². The fourth-order valence-corrected chi connectivity index (χ4v) is 4.87. The summed E-state index contributed by atoms with van der Waals surface area (Å²) in [5.41, 5.74) is 7.02. The molecule has 20 heavy (non-hydrogen) atoms. The Bertz CT molecular complexity index is 882. The van der Waals surface area contributed by atoms with Crippen LogP contribution >= 0.6 is 22.7 Å². The van der Waals surface area contributed by atoms with E-state index in [9.17, 15) is 8.42 Å². The number of aromatic nitrogens is 2. The highest BCUT2D eigenvalue weighted by Crippen LogP contribution is 2.29. The zero-order chi connectivity index (χ0) is 14.3. The number of fused-ring (bicyclic) bond motifs is 1. The first-order valence-electron chi connectivity index (χ1n) is 5.55. The summed E-state index contributed by atoms with van der Waals surface area (Å²) in [5.74, 6) is 0. The van der Waals surface area contributed by atoms with E-state index in [4.69, 9.17) is 5.73 Å². The third kappa shape index (κ3) is 2.47. The van der Waals surface area contributed by atoms with Crippen molar-refractivity contribution in [3.63, 3.8) is 0 Å². The zero-order valence-corrected chi connectivity index (χ0v) is 12.8. The molecule has 0 saturated heterocycles. The molecule has 0 unspecified atom stereocenters. The highest BCUT2D eigenvalue weighted by atomic mass is 32.2. The van der Waals surface area contributed by atoms with Crippen molar-refractivity contribution in [1.82, 2.24) is 9.97 Å². The van der Waals surface area contributed by atoms with Gasteiger partial charge >= 0.3 is 0 Å². The number of rotatable bonds is 3. The van der Waals surface area contributed by atoms with Crippen molar-refractivity contribution in [2.75, 3.05) is 10.5 Å². The zero-order valence-electron chi connectivity index (χ0n) is 10.3. The van der Waals surface area contributed by atoms with Crippen molar-refractivity contribution in [3.8, 4) is 0 Å². The van der Waals surface area contributed by atoms with Crippen molar-refractivity contribution >= 4 is 53.7 Å². The lowest BCUT2D eigenvalue weighted by Crippen LogP contribution is -2.11. The molecule has 3 aromatic rings. The number of hydrogen-bond donors (Lipinski definition) is 2. The number of nitrogens with zero attached hydrogens (tertiary/aromatic N) is 2. The van der Waals surface area contributed by atoms with Gasteiger partial charge in [0.2, 0.25) is 0 Å². The second-order valence-corrected chi connectivity index (χ2v) is 8.22. The van der Waals surface area contributed by atoms with E-state index in [1.807, 2.05) is 0 Å². The summed E-state index contributed by atoms with van der Waals surface area (Å²) in [6.07, 6.45) is 1.34. The van der Waals surface area contributed by atoms with E-state index in [0.717, 1.165) is 16.0 Å². The molecule has 1 aromatic carbocycles. The number of hydrogen-bond acceptors (Lipinski definition) is 7. The van der Waals surface area contributed by atoms with E-state index in [1.165, 1.54) is 17.5 Å². The summed E-state index contributed by atoms with van der Waals surface area (Å²) in [4.78, 5) is 8.17. The molecule has 3 rings (SSSR count). The molecule has 3 N–H and O–H groups in total. The molecule has 104 valence electrons. The van der Waals surface area contributed by atoms with Crippen molar-refractivity contribution in [1.29, 1.82) is 0 Å². The van der Waals surface area contributed by atoms with E-state index in [-0.39, 0.29) is 4.21 Å². The van der Waals surface area contributed by atoms with Gasteiger partial charge in [-0.05, 0) is 25.1 Å². The van der Waals surface area contributed by atoms with Crippen LogP contribution in [0.5, 0.6) is 0 Å². The van der Waals surface area contributed by atoms with Gasteiger partial charge in [-0.3, -0.25) is 4.72 Å². The van der Waals surface area contributed by atoms with Gasteiger partial charge in [-0.1, -0.05) is 11.3 Å². The van der Waals surface area contributed by atoms with Gasteiger partial charge in [-0.25, -0.2) is 18.4 Å². The van der Waals surface area contributed by atoms with Gasteiger partial charge in [-0.2, -0.15) is 0 Å². The second kappa shape index (κ2) is 4.69. The van der Waals surface area contributed by atoms with Gasteiger partial charge in [0.25, 0.3) is 10.0 Å². The number of anilines is 2. The smallest absolute Gasteiger partial charge is 0.274 e. The molecule has 0 spiro atoms. The Kier molecular flexibility index (Phi) is 3.11. The van der Waals surface area contributed by atoms with Gasteiger partial charge in [0, 0.05) is 5.69 Å². The summed E-state index contributed by atoms with van der Waals surface area (Å²) in [6, 6.07) is 5.25. The lowest BCUT2D eigenvalue weighted by Gasteiger charge is -2.00. The molecule has 0 bridgehead atoms. The van der Waals surface area contributed by atoms with Crippen molar-refractivity contribution in [2.24, 2.45) is 0 Å². The van der Waals surface area contributed by atoms with Crippen molar-refractivity contribution in [3.05, 3.63) is 29.4 Å². The van der Waals surface area contributed by atoms with Gasteiger partial charge in [0.15, 0.2) is 9.34 Å². The van der Waals surface area contributed by atoms with Crippen LogP contribution in [-0.2, 0) is 10.0 Å². The number of benzene rings is 1. The van der Waals surface area contributed by atoms with E-state index in [1.54, 1.807) is 25.1 Å². The monoisotopic (exact) mass is 326 g/mol. The fraction of sp³-hybridized carbons (Fsp3) is 0.0909. The van der Waals surface area contributed by atoms with Crippen LogP contribution in [0.3, 0.4) is 0 Å². The maximum absolute atomic E-state index is 12.2. The van der Waals surface area contributed by atoms with Gasteiger partial charge in [-0.15, -0.1) is 11.3 Å². The van der Waals surface area contributed by atoms with E-state index in [0.29, 0.717) is 21.3 Å². The van der Waals surface area contributed by atoms with Crippen LogP contribution in [-0.4, -0.2) is 18.4 Å². The number of sulfonamides is 1. The minimum atomic E-state index is -3.63. The maximum atomic E-state index is 12.2. The summed E-state index contributed by atoms with van der Waals surface area (Å²) >= 11 is 2.36. The van der Waals surface area contributed by atoms with Crippen molar-refractivity contribution in [2.45, 2.75) is 11.1 Å². The molecule has 0 fully saturated rings. The van der Waals surface area contributed by atoms with E-state index >= 15 is 0 Å². The summed E-state index contributed by atoms with van der Waals surface area (Å²) < 4.78 is 27.8. The standard InChI is InChI=1S/C11H10N4O2S3/c1-6-13-5-10(18-6)20(16,17)15-11-14-8-3-2-7(12)4-9(8)19-11/h2-5H,12H2,1H3,(H,14,15). The molecular formula is C11H10N4O2S3. The number of aryl methyl sites for hydroxylation is 1. The van der Waals surface area contributed by atoms with Crippen LogP contribution in [0.4, 0.5) is 10.8 Å². The number of nitrogens with two attached hydrogens (primary N) is 1. The van der Waals surface area contributed by atoms with Crippen LogP contribution in [0.1, 0.15) is 5.01 Å². The highest BCUT2D eigenvalue weighted by molar-refractivity contribution is 7.94. The van der Waals surface area contributed by atoms with E-state index < -0.39 is 10.0 Å².